The zero-order valence-electron chi connectivity index (χ0n) is 11.7. The van der Waals surface area contributed by atoms with Crippen LogP contribution in [-0.4, -0.2) is 43.8 Å². The number of alkyl halides is 3. The zero-order chi connectivity index (χ0) is 16.7. The first-order valence-corrected chi connectivity index (χ1v) is 8.28. The lowest BCUT2D eigenvalue weighted by Crippen LogP contribution is -2.38. The van der Waals surface area contributed by atoms with E-state index in [0.717, 1.165) is 17.0 Å². The van der Waals surface area contributed by atoms with Crippen molar-refractivity contribution in [1.29, 1.82) is 0 Å². The molecule has 1 amide bonds. The number of amides is 1. The fraction of sp³-hybridized carbons (Fsp3) is 0.462. The molecule has 5 nitrogen and oxygen atoms in total. The first-order valence-electron chi connectivity index (χ1n) is 6.45. The van der Waals surface area contributed by atoms with Crippen LogP contribution in [0.2, 0.25) is 0 Å². The fourth-order valence-corrected chi connectivity index (χ4v) is 4.13. The van der Waals surface area contributed by atoms with E-state index >= 15 is 0 Å². The number of halogens is 3. The van der Waals surface area contributed by atoms with Crippen molar-refractivity contribution in [3.05, 3.63) is 29.3 Å². The minimum Gasteiger partial charge on any atom is -0.398 e. The lowest BCUT2D eigenvalue weighted by molar-refractivity contribution is -0.137. The number of nitrogens with zero attached hydrogens (tertiary/aromatic N) is 1. The third-order valence-electron chi connectivity index (χ3n) is 3.69. The highest BCUT2D eigenvalue weighted by molar-refractivity contribution is 7.91. The predicted octanol–water partition coefficient (Wildman–Crippen LogP) is 1.55. The van der Waals surface area contributed by atoms with Gasteiger partial charge in [-0.15, -0.1) is 0 Å². The number of benzene rings is 1. The molecule has 1 fully saturated rings. The van der Waals surface area contributed by atoms with Crippen LogP contribution in [0, 0.1) is 0 Å². The van der Waals surface area contributed by atoms with E-state index in [1.165, 1.54) is 7.05 Å². The summed E-state index contributed by atoms with van der Waals surface area (Å²) in [6.45, 7) is 0. The average Bonchev–Trinajstić information content (AvgIpc) is 2.76. The van der Waals surface area contributed by atoms with Gasteiger partial charge < -0.3 is 10.6 Å². The summed E-state index contributed by atoms with van der Waals surface area (Å²) < 4.78 is 61.1. The quantitative estimate of drug-likeness (QED) is 0.831. The second-order valence-corrected chi connectivity index (χ2v) is 7.50. The SMILES string of the molecule is CN(C(=O)c1cc(C(F)(F)F)ccc1N)[C@H]1CCS(=O)(=O)C1. The molecule has 0 bridgehead atoms. The van der Waals surface area contributed by atoms with Gasteiger partial charge in [-0.05, 0) is 24.6 Å². The molecule has 0 aliphatic carbocycles. The van der Waals surface area contributed by atoms with Crippen molar-refractivity contribution in [3.8, 4) is 0 Å². The van der Waals surface area contributed by atoms with Gasteiger partial charge in [0.05, 0.1) is 22.6 Å². The number of rotatable bonds is 2. The minimum absolute atomic E-state index is 0.0344. The summed E-state index contributed by atoms with van der Waals surface area (Å²) >= 11 is 0. The third kappa shape index (κ3) is 3.34. The lowest BCUT2D eigenvalue weighted by atomic mass is 10.1. The van der Waals surface area contributed by atoms with Crippen molar-refractivity contribution >= 4 is 21.4 Å². The Kier molecular flexibility index (Phi) is 4.12. The molecule has 1 atom stereocenters. The third-order valence-corrected chi connectivity index (χ3v) is 5.44. The first kappa shape index (κ1) is 16.6. The molecule has 9 heteroatoms. The molecule has 1 heterocycles. The summed E-state index contributed by atoms with van der Waals surface area (Å²) in [5.74, 6) is -0.938. The Balaban J connectivity index is 2.29. The van der Waals surface area contributed by atoms with Gasteiger partial charge in [-0.3, -0.25) is 4.79 Å². The lowest BCUT2D eigenvalue weighted by Gasteiger charge is -2.24. The largest absolute Gasteiger partial charge is 0.416 e. The van der Waals surface area contributed by atoms with Crippen molar-refractivity contribution < 1.29 is 26.4 Å². The van der Waals surface area contributed by atoms with Crippen molar-refractivity contribution in [3.63, 3.8) is 0 Å². The van der Waals surface area contributed by atoms with E-state index in [2.05, 4.69) is 0 Å². The van der Waals surface area contributed by atoms with Crippen LogP contribution in [-0.2, 0) is 16.0 Å². The van der Waals surface area contributed by atoms with Crippen LogP contribution < -0.4 is 5.73 Å². The normalized spacial score (nSPS) is 20.8. The predicted molar refractivity (Wildman–Crippen MR) is 75.0 cm³/mol. The van der Waals surface area contributed by atoms with Crippen LogP contribution in [0.1, 0.15) is 22.3 Å². The second kappa shape index (κ2) is 5.45. The molecule has 0 spiro atoms. The molecular weight excluding hydrogens is 321 g/mol. The van der Waals surface area contributed by atoms with Crippen molar-refractivity contribution in [1.82, 2.24) is 4.90 Å². The minimum atomic E-state index is -4.59. The van der Waals surface area contributed by atoms with Crippen LogP contribution >= 0.6 is 0 Å². The number of nitrogen functional groups attached to an aromatic ring is 1. The number of nitrogens with two attached hydrogens (primary N) is 1. The molecule has 1 saturated heterocycles. The van der Waals surface area contributed by atoms with E-state index in [1.54, 1.807) is 0 Å². The van der Waals surface area contributed by atoms with Crippen LogP contribution in [0.25, 0.3) is 0 Å². The Labute approximate surface area is 125 Å². The summed E-state index contributed by atoms with van der Waals surface area (Å²) in [7, 11) is -1.83. The van der Waals surface area contributed by atoms with E-state index in [4.69, 9.17) is 5.73 Å². The highest BCUT2D eigenvalue weighted by atomic mass is 32.2. The molecule has 1 aliphatic heterocycles. The second-order valence-electron chi connectivity index (χ2n) is 5.27. The number of carbonyl (C=O) groups excluding carboxylic acids is 1. The molecule has 0 aromatic heterocycles. The monoisotopic (exact) mass is 336 g/mol. The summed E-state index contributed by atoms with van der Waals surface area (Å²) in [6, 6.07) is 1.96. The van der Waals surface area contributed by atoms with Crippen LogP contribution in [0.5, 0.6) is 0 Å². The molecule has 0 unspecified atom stereocenters. The van der Waals surface area contributed by atoms with Crippen LogP contribution in [0.15, 0.2) is 18.2 Å². The Morgan fingerprint density at radius 3 is 2.50 bits per heavy atom. The Morgan fingerprint density at radius 2 is 2.00 bits per heavy atom. The topological polar surface area (TPSA) is 80.5 Å². The van der Waals surface area contributed by atoms with E-state index < -0.39 is 33.5 Å². The number of hydrogen-bond acceptors (Lipinski definition) is 4. The number of sulfone groups is 1. The van der Waals surface area contributed by atoms with E-state index in [1.807, 2.05) is 0 Å². The maximum atomic E-state index is 12.7. The summed E-state index contributed by atoms with van der Waals surface area (Å²) in [5, 5.41) is 0. The van der Waals surface area contributed by atoms with E-state index in [-0.39, 0.29) is 29.2 Å². The van der Waals surface area contributed by atoms with Gasteiger partial charge >= 0.3 is 6.18 Å². The fourth-order valence-electron chi connectivity index (χ4n) is 2.35. The van der Waals surface area contributed by atoms with E-state index in [0.29, 0.717) is 6.07 Å². The molecule has 1 aromatic carbocycles. The highest BCUT2D eigenvalue weighted by Gasteiger charge is 2.35. The molecular formula is C13H15F3N2O3S. The van der Waals surface area contributed by atoms with E-state index in [9.17, 15) is 26.4 Å². The molecule has 22 heavy (non-hydrogen) atoms. The average molecular weight is 336 g/mol. The first-order chi connectivity index (χ1) is 10.0. The standard InChI is InChI=1S/C13H15F3N2O3S/c1-18(9-4-5-22(20,21)7-9)12(19)10-6-8(13(14,15)16)2-3-11(10)17/h2-3,6,9H,4-5,7,17H2,1H3/t9-/m0/s1. The maximum Gasteiger partial charge on any atom is 0.416 e. The van der Waals surface area contributed by atoms with Gasteiger partial charge in [0.15, 0.2) is 9.84 Å². The number of carbonyl (C=O) groups is 1. The van der Waals surface area contributed by atoms with Gasteiger partial charge in [-0.1, -0.05) is 0 Å². The molecule has 1 aliphatic rings. The van der Waals surface area contributed by atoms with Crippen LogP contribution in [0.4, 0.5) is 18.9 Å². The molecule has 2 N–H and O–H groups in total. The highest BCUT2D eigenvalue weighted by Crippen LogP contribution is 2.32. The molecule has 1 aromatic rings. The van der Waals surface area contributed by atoms with Gasteiger partial charge in [0.1, 0.15) is 0 Å². The van der Waals surface area contributed by atoms with Gasteiger partial charge in [0.2, 0.25) is 0 Å². The van der Waals surface area contributed by atoms with Crippen molar-refractivity contribution in [2.75, 3.05) is 24.3 Å². The number of anilines is 1. The molecule has 0 saturated carbocycles. The molecule has 0 radical (unpaired) electrons. The molecule has 2 rings (SSSR count). The van der Waals surface area contributed by atoms with Gasteiger partial charge in [-0.2, -0.15) is 13.2 Å². The Morgan fingerprint density at radius 1 is 1.36 bits per heavy atom. The summed E-state index contributed by atoms with van der Waals surface area (Å²) in [6.07, 6.45) is -4.32. The number of hydrogen-bond donors (Lipinski definition) is 1. The Hall–Kier alpha value is -1.77. The smallest absolute Gasteiger partial charge is 0.398 e. The van der Waals surface area contributed by atoms with Crippen molar-refractivity contribution in [2.45, 2.75) is 18.6 Å². The van der Waals surface area contributed by atoms with Crippen LogP contribution in [0.3, 0.4) is 0 Å². The van der Waals surface area contributed by atoms with Gasteiger partial charge in [-0.25, -0.2) is 8.42 Å². The zero-order valence-corrected chi connectivity index (χ0v) is 12.5. The summed E-state index contributed by atoms with van der Waals surface area (Å²) in [4.78, 5) is 13.5. The van der Waals surface area contributed by atoms with Gasteiger partial charge in [0, 0.05) is 18.8 Å². The van der Waals surface area contributed by atoms with Gasteiger partial charge in [0.25, 0.3) is 5.91 Å². The maximum absolute atomic E-state index is 12.7. The Bertz CT molecular complexity index is 701. The summed E-state index contributed by atoms with van der Waals surface area (Å²) in [5.41, 5.74) is 4.26. The molecule has 122 valence electrons. The van der Waals surface area contributed by atoms with Crippen molar-refractivity contribution in [2.24, 2.45) is 0 Å².